The molecule has 2 saturated heterocycles. The molecule has 3 heteroatoms. The highest BCUT2D eigenvalue weighted by Gasteiger charge is 2.86. The molecule has 1 spiro atoms. The van der Waals surface area contributed by atoms with Crippen molar-refractivity contribution in [1.82, 2.24) is 0 Å². The molecule has 6 aliphatic rings. The average Bonchev–Trinajstić information content (AvgIpc) is 3.58. The quantitative estimate of drug-likeness (QED) is 0.595. The van der Waals surface area contributed by atoms with E-state index in [1.807, 2.05) is 0 Å². The number of hydrogen-bond acceptors (Lipinski definition) is 3. The zero-order chi connectivity index (χ0) is 21.1. The Labute approximate surface area is 183 Å². The van der Waals surface area contributed by atoms with E-state index in [9.17, 15) is 5.11 Å². The monoisotopic (exact) mass is 416 g/mol. The molecular weight excluding hydrogens is 372 g/mol. The maximum absolute atomic E-state index is 10.5. The Bertz CT molecular complexity index is 706. The largest absolute Gasteiger partial charge is 0.390 e. The van der Waals surface area contributed by atoms with E-state index < -0.39 is 0 Å². The molecule has 1 N–H and O–H groups in total. The minimum absolute atomic E-state index is 0.0535. The van der Waals surface area contributed by atoms with Crippen LogP contribution in [0.15, 0.2) is 0 Å². The second-order valence-electron chi connectivity index (χ2n) is 13.2. The van der Waals surface area contributed by atoms with Gasteiger partial charge in [-0.25, -0.2) is 0 Å². The topological polar surface area (TPSA) is 45.3 Å². The van der Waals surface area contributed by atoms with Crippen molar-refractivity contribution >= 4 is 0 Å². The summed E-state index contributed by atoms with van der Waals surface area (Å²) in [5.74, 6) is 4.89. The van der Waals surface area contributed by atoms with E-state index in [2.05, 4.69) is 34.6 Å². The third kappa shape index (κ3) is 2.44. The summed E-state index contributed by atoms with van der Waals surface area (Å²) in [6.45, 7) is 12.5. The second-order valence-corrected chi connectivity index (χ2v) is 13.2. The highest BCUT2D eigenvalue weighted by molar-refractivity contribution is 5.33. The molecule has 2 heterocycles. The summed E-state index contributed by atoms with van der Waals surface area (Å²) >= 11 is 0. The van der Waals surface area contributed by atoms with Gasteiger partial charge in [-0.15, -0.1) is 0 Å². The van der Waals surface area contributed by atoms with Crippen molar-refractivity contribution in [2.75, 3.05) is 0 Å². The smallest absolute Gasteiger partial charge is 0.132 e. The van der Waals surface area contributed by atoms with Crippen LogP contribution in [0.2, 0.25) is 0 Å². The fourth-order valence-electron chi connectivity index (χ4n) is 10.0. The van der Waals surface area contributed by atoms with Gasteiger partial charge in [-0.05, 0) is 79.4 Å². The molecule has 4 aliphatic carbocycles. The van der Waals surface area contributed by atoms with E-state index in [0.29, 0.717) is 11.5 Å². The molecule has 4 saturated carbocycles. The fourth-order valence-corrected chi connectivity index (χ4v) is 10.0. The van der Waals surface area contributed by atoms with Gasteiger partial charge in [0.15, 0.2) is 0 Å². The van der Waals surface area contributed by atoms with Crippen molar-refractivity contribution in [3.63, 3.8) is 0 Å². The standard InChI is InChI=1S/C27H44O3/c1-15(2)7-6-8-16(3)17-9-10-18-21-19(11-13-25(17,18)4)26(5)14-12-20(28)23-27(26,30-23)24-22(21)29-24/h15-24,28H,6-14H2,1-5H3/t16-,17-,18+,19+,20?,21+,22?,23?,24?,25-,26-,27?/m1/s1. The minimum Gasteiger partial charge on any atom is -0.390 e. The van der Waals surface area contributed by atoms with E-state index in [1.54, 1.807) is 0 Å². The summed E-state index contributed by atoms with van der Waals surface area (Å²) in [6, 6.07) is 0. The van der Waals surface area contributed by atoms with Crippen LogP contribution in [-0.4, -0.2) is 35.1 Å². The van der Waals surface area contributed by atoms with Crippen LogP contribution in [0.5, 0.6) is 0 Å². The molecule has 30 heavy (non-hydrogen) atoms. The number of rotatable bonds is 5. The second kappa shape index (κ2) is 6.48. The van der Waals surface area contributed by atoms with Crippen molar-refractivity contribution in [1.29, 1.82) is 0 Å². The Hall–Kier alpha value is -0.120. The molecule has 170 valence electrons. The van der Waals surface area contributed by atoms with E-state index in [1.165, 1.54) is 44.9 Å². The number of fused-ring (bicyclic) bond motifs is 6. The average molecular weight is 417 g/mol. The van der Waals surface area contributed by atoms with Gasteiger partial charge in [0.05, 0.1) is 12.2 Å². The van der Waals surface area contributed by atoms with Crippen LogP contribution >= 0.6 is 0 Å². The number of ether oxygens (including phenoxy) is 2. The Balaban J connectivity index is 1.24. The van der Waals surface area contributed by atoms with E-state index >= 15 is 0 Å². The molecule has 0 aromatic carbocycles. The van der Waals surface area contributed by atoms with Crippen LogP contribution in [0, 0.1) is 46.3 Å². The summed E-state index contributed by atoms with van der Waals surface area (Å²) in [4.78, 5) is 0. The third-order valence-corrected chi connectivity index (χ3v) is 11.6. The maximum Gasteiger partial charge on any atom is 0.132 e. The molecule has 0 radical (unpaired) electrons. The van der Waals surface area contributed by atoms with Gasteiger partial charge in [0.2, 0.25) is 0 Å². The lowest BCUT2D eigenvalue weighted by atomic mass is 9.44. The molecule has 6 rings (SSSR count). The van der Waals surface area contributed by atoms with Gasteiger partial charge in [-0.1, -0.05) is 53.9 Å². The Morgan fingerprint density at radius 3 is 2.50 bits per heavy atom. The predicted octanol–water partition coefficient (Wildman–Crippen LogP) is 5.59. The minimum atomic E-state index is -0.268. The molecule has 0 bridgehead atoms. The van der Waals surface area contributed by atoms with Crippen LogP contribution in [0.25, 0.3) is 0 Å². The molecule has 0 aromatic rings. The van der Waals surface area contributed by atoms with Gasteiger partial charge >= 0.3 is 0 Å². The number of aliphatic hydroxyl groups excluding tert-OH is 1. The lowest BCUT2D eigenvalue weighted by molar-refractivity contribution is -0.106. The molecule has 2 aliphatic heterocycles. The first-order valence-corrected chi connectivity index (χ1v) is 13.3. The van der Waals surface area contributed by atoms with Gasteiger partial charge < -0.3 is 14.6 Å². The van der Waals surface area contributed by atoms with Crippen LogP contribution in [0.3, 0.4) is 0 Å². The van der Waals surface area contributed by atoms with Crippen molar-refractivity contribution in [2.45, 2.75) is 122 Å². The van der Waals surface area contributed by atoms with Gasteiger partial charge in [0.25, 0.3) is 0 Å². The van der Waals surface area contributed by atoms with Gasteiger partial charge in [0.1, 0.15) is 17.8 Å². The first-order valence-electron chi connectivity index (χ1n) is 13.3. The first-order chi connectivity index (χ1) is 14.2. The Kier molecular flexibility index (Phi) is 4.42. The molecule has 6 fully saturated rings. The summed E-state index contributed by atoms with van der Waals surface area (Å²) in [5, 5.41) is 10.5. The molecule has 3 nitrogen and oxygen atoms in total. The number of aliphatic hydroxyl groups is 1. The van der Waals surface area contributed by atoms with Crippen LogP contribution in [-0.2, 0) is 9.47 Å². The van der Waals surface area contributed by atoms with Crippen LogP contribution in [0.1, 0.15) is 92.4 Å². The molecule has 0 aromatic heterocycles. The first kappa shape index (κ1) is 20.5. The number of epoxide rings is 2. The molecule has 5 unspecified atom stereocenters. The summed E-state index contributed by atoms with van der Waals surface area (Å²) in [6.07, 6.45) is 12.3. The zero-order valence-electron chi connectivity index (χ0n) is 19.9. The van der Waals surface area contributed by atoms with Gasteiger partial charge in [0, 0.05) is 5.41 Å². The highest BCUT2D eigenvalue weighted by Crippen LogP contribution is 2.77. The van der Waals surface area contributed by atoms with Crippen molar-refractivity contribution in [3.8, 4) is 0 Å². The van der Waals surface area contributed by atoms with Gasteiger partial charge in [-0.3, -0.25) is 0 Å². The van der Waals surface area contributed by atoms with Crippen LogP contribution in [0.4, 0.5) is 0 Å². The predicted molar refractivity (Wildman–Crippen MR) is 118 cm³/mol. The van der Waals surface area contributed by atoms with E-state index in [4.69, 9.17) is 9.47 Å². The SMILES string of the molecule is CC(C)CCC[C@@H](C)[C@H]1CC[C@H]2[C@@H]3C4OC4C45OC4C(O)CC[C@]5(C)[C@H]3CC[C@]12C. The third-order valence-electron chi connectivity index (χ3n) is 11.6. The normalized spacial score (nSPS) is 58.9. The Morgan fingerprint density at radius 1 is 0.933 bits per heavy atom. The maximum atomic E-state index is 10.5. The van der Waals surface area contributed by atoms with E-state index in [0.717, 1.165) is 48.3 Å². The lowest BCUT2D eigenvalue weighted by Gasteiger charge is -2.58. The molecule has 0 amide bonds. The summed E-state index contributed by atoms with van der Waals surface area (Å²) < 4.78 is 12.9. The zero-order valence-corrected chi connectivity index (χ0v) is 19.9. The van der Waals surface area contributed by atoms with Crippen molar-refractivity contribution < 1.29 is 14.6 Å². The van der Waals surface area contributed by atoms with Crippen molar-refractivity contribution in [2.24, 2.45) is 46.3 Å². The number of hydrogen-bond donors (Lipinski definition) is 1. The Morgan fingerprint density at radius 2 is 1.73 bits per heavy atom. The summed E-state index contributed by atoms with van der Waals surface area (Å²) in [7, 11) is 0. The molecule has 12 atom stereocenters. The molecular formula is C27H44O3. The lowest BCUT2D eigenvalue weighted by Crippen LogP contribution is -2.62. The van der Waals surface area contributed by atoms with E-state index in [-0.39, 0.29) is 29.3 Å². The van der Waals surface area contributed by atoms with Gasteiger partial charge in [-0.2, -0.15) is 0 Å². The van der Waals surface area contributed by atoms with Crippen LogP contribution < -0.4 is 0 Å². The fraction of sp³-hybridized carbons (Fsp3) is 1.00. The highest BCUT2D eigenvalue weighted by atomic mass is 16.7. The van der Waals surface area contributed by atoms with Crippen molar-refractivity contribution in [3.05, 3.63) is 0 Å². The summed E-state index contributed by atoms with van der Waals surface area (Å²) in [5.41, 5.74) is 0.571.